The van der Waals surface area contributed by atoms with Crippen molar-refractivity contribution in [1.82, 2.24) is 15.5 Å². The molecule has 1 aromatic rings. The maximum atomic E-state index is 11.9. The van der Waals surface area contributed by atoms with Crippen molar-refractivity contribution in [3.8, 4) is 0 Å². The third-order valence-corrected chi connectivity index (χ3v) is 5.27. The molecule has 1 atom stereocenters. The van der Waals surface area contributed by atoms with Crippen molar-refractivity contribution >= 4 is 60.4 Å². The fourth-order valence-electron chi connectivity index (χ4n) is 3.46. The van der Waals surface area contributed by atoms with Crippen LogP contribution >= 0.6 is 48.8 Å². The molecule has 1 unspecified atom stereocenters. The van der Waals surface area contributed by atoms with Crippen molar-refractivity contribution in [2.24, 2.45) is 5.92 Å². The molecule has 0 saturated carbocycles. The van der Waals surface area contributed by atoms with Gasteiger partial charge in [-0.05, 0) is 38.1 Å². The maximum absolute atomic E-state index is 11.9. The largest absolute Gasteiger partial charge is 0.368 e. The van der Waals surface area contributed by atoms with Gasteiger partial charge in [-0.1, -0.05) is 23.7 Å². The average Bonchev–Trinajstić information content (AvgIpc) is 3.14. The first-order valence-electron chi connectivity index (χ1n) is 8.94. The highest BCUT2D eigenvalue weighted by Gasteiger charge is 2.22. The van der Waals surface area contributed by atoms with Crippen molar-refractivity contribution in [1.29, 1.82) is 0 Å². The number of carbonyl (C=O) groups is 1. The lowest BCUT2D eigenvalue weighted by atomic mass is 10.1. The lowest BCUT2D eigenvalue weighted by Gasteiger charge is -2.36. The summed E-state index contributed by atoms with van der Waals surface area (Å²) in [6, 6.07) is 8.05. The minimum Gasteiger partial charge on any atom is -0.368 e. The zero-order valence-electron chi connectivity index (χ0n) is 15.4. The maximum Gasteiger partial charge on any atom is 0.224 e. The molecule has 0 aromatic heterocycles. The van der Waals surface area contributed by atoms with Crippen LogP contribution in [0.2, 0.25) is 5.02 Å². The predicted molar refractivity (Wildman–Crippen MR) is 120 cm³/mol. The van der Waals surface area contributed by atoms with E-state index in [4.69, 9.17) is 11.6 Å². The molecule has 9 heteroatoms. The molecule has 2 saturated heterocycles. The molecule has 0 radical (unpaired) electrons. The van der Waals surface area contributed by atoms with Gasteiger partial charge in [0.15, 0.2) is 0 Å². The van der Waals surface area contributed by atoms with Crippen molar-refractivity contribution in [2.75, 3.05) is 57.3 Å². The Morgan fingerprint density at radius 1 is 1.15 bits per heavy atom. The second kappa shape index (κ2) is 13.7. The molecule has 2 aliphatic rings. The SMILES string of the molecule is Cl.Cl.Cl.O=C(NCCCN1CCN(c2ccccc2Cl)CC1)C1CCNC1. The van der Waals surface area contributed by atoms with Gasteiger partial charge in [-0.25, -0.2) is 0 Å². The van der Waals surface area contributed by atoms with Gasteiger partial charge in [0.25, 0.3) is 0 Å². The Bertz CT molecular complexity index is 550. The number of rotatable bonds is 6. The molecule has 0 aliphatic carbocycles. The summed E-state index contributed by atoms with van der Waals surface area (Å²) in [5, 5.41) is 7.14. The molecular weight excluding hydrogens is 430 g/mol. The van der Waals surface area contributed by atoms with Crippen molar-refractivity contribution < 1.29 is 4.79 Å². The molecule has 2 aliphatic heterocycles. The van der Waals surface area contributed by atoms with Crippen LogP contribution < -0.4 is 15.5 Å². The number of para-hydroxylation sites is 1. The highest BCUT2D eigenvalue weighted by Crippen LogP contribution is 2.25. The van der Waals surface area contributed by atoms with Crippen LogP contribution in [-0.2, 0) is 4.79 Å². The summed E-state index contributed by atoms with van der Waals surface area (Å²) in [4.78, 5) is 16.8. The zero-order valence-corrected chi connectivity index (χ0v) is 18.6. The Kier molecular flexibility index (Phi) is 13.5. The Labute approximate surface area is 185 Å². The summed E-state index contributed by atoms with van der Waals surface area (Å²) in [5.41, 5.74) is 1.14. The first kappa shape index (κ1) is 26.6. The monoisotopic (exact) mass is 458 g/mol. The van der Waals surface area contributed by atoms with Gasteiger partial charge in [0.1, 0.15) is 0 Å². The van der Waals surface area contributed by atoms with E-state index in [0.29, 0.717) is 0 Å². The first-order valence-corrected chi connectivity index (χ1v) is 9.32. The molecule has 27 heavy (non-hydrogen) atoms. The van der Waals surface area contributed by atoms with E-state index in [1.165, 1.54) is 0 Å². The molecular formula is C18H30Cl4N4O. The molecule has 156 valence electrons. The number of carbonyl (C=O) groups excluding carboxylic acids is 1. The summed E-state index contributed by atoms with van der Waals surface area (Å²) in [5.74, 6) is 0.382. The minimum atomic E-state index is 0. The van der Waals surface area contributed by atoms with Gasteiger partial charge in [-0.2, -0.15) is 0 Å². The number of piperazine rings is 1. The first-order chi connectivity index (χ1) is 11.7. The number of hydrogen-bond donors (Lipinski definition) is 2. The van der Waals surface area contributed by atoms with E-state index in [0.717, 1.165) is 75.9 Å². The van der Waals surface area contributed by atoms with Crippen LogP contribution in [0.25, 0.3) is 0 Å². The summed E-state index contributed by atoms with van der Waals surface area (Å²) in [6.07, 6.45) is 1.98. The Hall–Kier alpha value is -0.430. The van der Waals surface area contributed by atoms with Crippen LogP contribution in [0.1, 0.15) is 12.8 Å². The van der Waals surface area contributed by atoms with Gasteiger partial charge in [0, 0.05) is 39.3 Å². The van der Waals surface area contributed by atoms with Crippen LogP contribution in [0, 0.1) is 5.92 Å². The Morgan fingerprint density at radius 2 is 1.85 bits per heavy atom. The van der Waals surface area contributed by atoms with Gasteiger partial charge in [0.2, 0.25) is 5.91 Å². The number of benzene rings is 1. The van der Waals surface area contributed by atoms with E-state index in [2.05, 4.69) is 26.5 Å². The Morgan fingerprint density at radius 3 is 2.48 bits per heavy atom. The molecule has 0 spiro atoms. The minimum absolute atomic E-state index is 0. The van der Waals surface area contributed by atoms with Gasteiger partial charge in [-0.15, -0.1) is 37.2 Å². The molecule has 2 N–H and O–H groups in total. The Balaban J connectivity index is 0.00000225. The third kappa shape index (κ3) is 7.84. The lowest BCUT2D eigenvalue weighted by Crippen LogP contribution is -2.47. The van der Waals surface area contributed by atoms with Crippen LogP contribution in [0.4, 0.5) is 5.69 Å². The van der Waals surface area contributed by atoms with Gasteiger partial charge in [0.05, 0.1) is 16.6 Å². The van der Waals surface area contributed by atoms with E-state index < -0.39 is 0 Å². The van der Waals surface area contributed by atoms with E-state index in [-0.39, 0.29) is 49.0 Å². The topological polar surface area (TPSA) is 47.6 Å². The molecule has 5 nitrogen and oxygen atoms in total. The second-order valence-corrected chi connectivity index (χ2v) is 7.02. The number of hydrogen-bond acceptors (Lipinski definition) is 4. The quantitative estimate of drug-likeness (QED) is 0.642. The normalized spacial score (nSPS) is 19.4. The standard InChI is InChI=1S/C18H27ClN4O.3ClH/c19-16-4-1-2-5-17(16)23-12-10-22(11-13-23)9-3-7-21-18(24)15-6-8-20-14-15;;;/h1-2,4-5,15,20H,3,6-14H2,(H,21,24);3*1H. The summed E-state index contributed by atoms with van der Waals surface area (Å²) < 4.78 is 0. The number of anilines is 1. The highest BCUT2D eigenvalue weighted by molar-refractivity contribution is 6.33. The molecule has 3 rings (SSSR count). The number of nitrogens with one attached hydrogen (secondary N) is 2. The molecule has 2 fully saturated rings. The van der Waals surface area contributed by atoms with Crippen LogP contribution in [0.5, 0.6) is 0 Å². The highest BCUT2D eigenvalue weighted by atomic mass is 35.5. The van der Waals surface area contributed by atoms with Crippen LogP contribution in [0.3, 0.4) is 0 Å². The summed E-state index contributed by atoms with van der Waals surface area (Å²) >= 11 is 6.28. The van der Waals surface area contributed by atoms with Gasteiger partial charge in [-0.3, -0.25) is 9.69 Å². The van der Waals surface area contributed by atoms with Crippen molar-refractivity contribution in [2.45, 2.75) is 12.8 Å². The predicted octanol–water partition coefficient (Wildman–Crippen LogP) is 2.84. The summed E-state index contributed by atoms with van der Waals surface area (Å²) in [6.45, 7) is 7.72. The molecule has 0 bridgehead atoms. The smallest absolute Gasteiger partial charge is 0.224 e. The van der Waals surface area contributed by atoms with Crippen molar-refractivity contribution in [3.05, 3.63) is 29.3 Å². The van der Waals surface area contributed by atoms with E-state index in [1.54, 1.807) is 0 Å². The van der Waals surface area contributed by atoms with E-state index in [1.807, 2.05) is 18.2 Å². The molecule has 1 aromatic carbocycles. The zero-order chi connectivity index (χ0) is 16.8. The summed E-state index contributed by atoms with van der Waals surface area (Å²) in [7, 11) is 0. The number of nitrogens with zero attached hydrogens (tertiary/aromatic N) is 2. The number of halogens is 4. The van der Waals surface area contributed by atoms with E-state index in [9.17, 15) is 4.79 Å². The third-order valence-electron chi connectivity index (χ3n) is 4.95. The van der Waals surface area contributed by atoms with Gasteiger partial charge >= 0.3 is 0 Å². The van der Waals surface area contributed by atoms with Crippen LogP contribution in [0.15, 0.2) is 24.3 Å². The average molecular weight is 460 g/mol. The second-order valence-electron chi connectivity index (χ2n) is 6.61. The number of amides is 1. The molecule has 1 amide bonds. The van der Waals surface area contributed by atoms with E-state index >= 15 is 0 Å². The fraction of sp³-hybridized carbons (Fsp3) is 0.611. The molecule has 2 heterocycles. The van der Waals surface area contributed by atoms with Gasteiger partial charge < -0.3 is 15.5 Å². The van der Waals surface area contributed by atoms with Crippen molar-refractivity contribution in [3.63, 3.8) is 0 Å². The lowest BCUT2D eigenvalue weighted by molar-refractivity contribution is -0.124. The van der Waals surface area contributed by atoms with Crippen LogP contribution in [-0.4, -0.2) is 63.2 Å². The fourth-order valence-corrected chi connectivity index (χ4v) is 3.71.